The van der Waals surface area contributed by atoms with Crippen LogP contribution in [0.2, 0.25) is 0 Å². The van der Waals surface area contributed by atoms with E-state index in [0.29, 0.717) is 6.54 Å². The second-order valence-electron chi connectivity index (χ2n) is 1.85. The van der Waals surface area contributed by atoms with Crippen molar-refractivity contribution in [2.45, 2.75) is 12.2 Å². The molecule has 2 N–H and O–H groups in total. The van der Waals surface area contributed by atoms with Crippen LogP contribution in [0.4, 0.5) is 0 Å². The monoisotopic (exact) mass is 169 g/mol. The van der Waals surface area contributed by atoms with Gasteiger partial charge in [-0.3, -0.25) is 0 Å². The van der Waals surface area contributed by atoms with E-state index in [1.54, 1.807) is 6.92 Å². The lowest BCUT2D eigenvalue weighted by Crippen LogP contribution is -2.14. The van der Waals surface area contributed by atoms with E-state index in [4.69, 9.17) is 5.73 Å². The van der Waals surface area contributed by atoms with Gasteiger partial charge < -0.3 is 5.73 Å². The van der Waals surface area contributed by atoms with E-state index in [1.807, 2.05) is 0 Å². The molecule has 5 heteroatoms. The third-order valence-corrected chi connectivity index (χ3v) is 3.58. The molecule has 0 heterocycles. The molecule has 3 nitrogen and oxygen atoms in total. The molecule has 56 valence electrons. The molecule has 0 bridgehead atoms. The van der Waals surface area contributed by atoms with Crippen LogP contribution in [0.15, 0.2) is 0 Å². The molecule has 0 fully saturated rings. The van der Waals surface area contributed by atoms with Crippen LogP contribution >= 0.6 is 10.8 Å². The van der Waals surface area contributed by atoms with E-state index in [0.717, 1.165) is 10.8 Å². The molecule has 0 aromatic carbocycles. The van der Waals surface area contributed by atoms with Gasteiger partial charge in [-0.15, -0.1) is 0 Å². The lowest BCUT2D eigenvalue weighted by atomic mass is 10.5. The maximum Gasteiger partial charge on any atom is 0.199 e. The zero-order valence-electron chi connectivity index (χ0n) is 5.49. The van der Waals surface area contributed by atoms with Crippen molar-refractivity contribution in [1.82, 2.24) is 0 Å². The largest absolute Gasteiger partial charge is 0.329 e. The van der Waals surface area contributed by atoms with Gasteiger partial charge in [-0.2, -0.15) is 0 Å². The summed E-state index contributed by atoms with van der Waals surface area (Å²) in [6, 6.07) is 0. The highest BCUT2D eigenvalue weighted by Crippen LogP contribution is 2.15. The van der Waals surface area contributed by atoms with E-state index >= 15 is 0 Å². The zero-order valence-corrected chi connectivity index (χ0v) is 7.13. The lowest BCUT2D eigenvalue weighted by Gasteiger charge is -2.03. The van der Waals surface area contributed by atoms with E-state index in [-0.39, 0.29) is 5.25 Å². The van der Waals surface area contributed by atoms with Crippen LogP contribution in [0, 0.1) is 0 Å². The van der Waals surface area contributed by atoms with Gasteiger partial charge >= 0.3 is 0 Å². The molecule has 0 aromatic rings. The molecule has 1 unspecified atom stereocenters. The first kappa shape index (κ1) is 9.26. The molecule has 0 rings (SSSR count). The second-order valence-corrected chi connectivity index (χ2v) is 6.65. The average molecular weight is 169 g/mol. The van der Waals surface area contributed by atoms with Crippen molar-refractivity contribution in [2.24, 2.45) is 5.73 Å². The van der Waals surface area contributed by atoms with Gasteiger partial charge in [0.15, 0.2) is 8.87 Å². The Morgan fingerprint density at radius 1 is 1.67 bits per heavy atom. The van der Waals surface area contributed by atoms with Gasteiger partial charge in [0, 0.05) is 18.1 Å². The summed E-state index contributed by atoms with van der Waals surface area (Å²) < 4.78 is 21.0. The summed E-state index contributed by atoms with van der Waals surface area (Å²) in [5, 5.41) is -0.000000000000000222. The third kappa shape index (κ3) is 6.14. The van der Waals surface area contributed by atoms with E-state index < -0.39 is 8.87 Å². The predicted octanol–water partition coefficient (Wildman–Crippen LogP) is 0.0264. The Morgan fingerprint density at radius 3 is 2.22 bits per heavy atom. The number of hydrogen-bond acceptors (Lipinski definition) is 4. The average Bonchev–Trinajstić information content (AvgIpc) is 1.62. The van der Waals surface area contributed by atoms with Crippen molar-refractivity contribution >= 4 is 19.7 Å². The molecule has 0 aliphatic carbocycles. The Hall–Kier alpha value is 0.260. The maximum atomic E-state index is 10.5. The van der Waals surface area contributed by atoms with Gasteiger partial charge in [0.05, 0.1) is 0 Å². The van der Waals surface area contributed by atoms with Crippen LogP contribution in [0.3, 0.4) is 0 Å². The Balaban J connectivity index is 3.75. The molecule has 0 aromatic heterocycles. The summed E-state index contributed by atoms with van der Waals surface area (Å²) in [5.41, 5.74) is 5.19. The number of nitrogens with two attached hydrogens (primary N) is 1. The van der Waals surface area contributed by atoms with Crippen molar-refractivity contribution in [1.29, 1.82) is 0 Å². The predicted molar refractivity (Wildman–Crippen MR) is 41.0 cm³/mol. The summed E-state index contributed by atoms with van der Waals surface area (Å²) in [5.74, 6) is 0. The topological polar surface area (TPSA) is 60.2 Å². The first-order valence-corrected chi connectivity index (χ1v) is 5.83. The summed E-state index contributed by atoms with van der Waals surface area (Å²) in [7, 11) is -1.99. The van der Waals surface area contributed by atoms with E-state index in [2.05, 4.69) is 0 Å². The van der Waals surface area contributed by atoms with Crippen molar-refractivity contribution < 1.29 is 8.42 Å². The Bertz CT molecular complexity index is 163. The number of rotatable bonds is 3. The Kier molecular flexibility index (Phi) is 3.53. The highest BCUT2D eigenvalue weighted by Gasteiger charge is 2.08. The molecule has 0 saturated heterocycles. The first-order chi connectivity index (χ1) is 3.95. The molecule has 1 atom stereocenters. The second kappa shape index (κ2) is 3.43. The molecular weight excluding hydrogens is 158 g/mol. The van der Waals surface area contributed by atoms with Crippen molar-refractivity contribution in [3.63, 3.8) is 0 Å². The zero-order chi connectivity index (χ0) is 7.49. The summed E-state index contributed by atoms with van der Waals surface area (Å²) >= 11 is 0. The minimum Gasteiger partial charge on any atom is -0.329 e. The van der Waals surface area contributed by atoms with Crippen LogP contribution in [-0.4, -0.2) is 26.5 Å². The summed E-state index contributed by atoms with van der Waals surface area (Å²) in [6.45, 7) is 2.18. The van der Waals surface area contributed by atoms with Gasteiger partial charge in [0.25, 0.3) is 0 Å². The first-order valence-electron chi connectivity index (χ1n) is 2.54. The highest BCUT2D eigenvalue weighted by atomic mass is 33.1. The summed E-state index contributed by atoms with van der Waals surface area (Å²) in [4.78, 5) is 0. The van der Waals surface area contributed by atoms with Crippen LogP contribution in [-0.2, 0) is 8.87 Å². The fourth-order valence-electron chi connectivity index (χ4n) is 0.338. The Labute approximate surface area is 59.3 Å². The van der Waals surface area contributed by atoms with Crippen LogP contribution in [0.5, 0.6) is 0 Å². The van der Waals surface area contributed by atoms with Crippen LogP contribution in [0.25, 0.3) is 0 Å². The molecular formula is C4H11NO2S2. The smallest absolute Gasteiger partial charge is 0.199 e. The number of hydrogen-bond donors (Lipinski definition) is 1. The highest BCUT2D eigenvalue weighted by molar-refractivity contribution is 8.72. The molecule has 0 aliphatic rings. The van der Waals surface area contributed by atoms with Crippen LogP contribution < -0.4 is 5.73 Å². The van der Waals surface area contributed by atoms with Gasteiger partial charge in [-0.1, -0.05) is 6.92 Å². The quantitative estimate of drug-likeness (QED) is 0.605. The maximum absolute atomic E-state index is 10.5. The lowest BCUT2D eigenvalue weighted by molar-refractivity contribution is 0.615. The van der Waals surface area contributed by atoms with Gasteiger partial charge in [-0.05, 0) is 10.8 Å². The fourth-order valence-corrected chi connectivity index (χ4v) is 3.04. The van der Waals surface area contributed by atoms with Crippen molar-refractivity contribution in [2.75, 3.05) is 12.8 Å². The SMILES string of the molecule is CC(CN)SS(C)(=O)=O. The van der Waals surface area contributed by atoms with E-state index in [9.17, 15) is 8.42 Å². The van der Waals surface area contributed by atoms with Crippen molar-refractivity contribution in [3.8, 4) is 0 Å². The molecule has 0 amide bonds. The molecule has 0 radical (unpaired) electrons. The van der Waals surface area contributed by atoms with Gasteiger partial charge in [-0.25, -0.2) is 8.42 Å². The molecule has 0 aliphatic heterocycles. The fraction of sp³-hybridized carbons (Fsp3) is 1.00. The van der Waals surface area contributed by atoms with Crippen LogP contribution in [0.1, 0.15) is 6.92 Å². The van der Waals surface area contributed by atoms with Gasteiger partial charge in [0.1, 0.15) is 0 Å². The van der Waals surface area contributed by atoms with Crippen molar-refractivity contribution in [3.05, 3.63) is 0 Å². The normalized spacial score (nSPS) is 15.4. The van der Waals surface area contributed by atoms with E-state index in [1.165, 1.54) is 6.26 Å². The molecule has 0 spiro atoms. The minimum absolute atomic E-state index is 0.000000000000000222. The summed E-state index contributed by atoms with van der Waals surface area (Å²) in [6.07, 6.45) is 1.18. The molecule has 9 heavy (non-hydrogen) atoms. The Morgan fingerprint density at radius 2 is 2.11 bits per heavy atom. The van der Waals surface area contributed by atoms with Gasteiger partial charge in [0.2, 0.25) is 0 Å². The minimum atomic E-state index is -2.90. The standard InChI is InChI=1S/C4H11NO2S2/c1-4(3-5)8-9(2,6)7/h4H,3,5H2,1-2H3. The third-order valence-electron chi connectivity index (χ3n) is 0.671. The molecule has 0 saturated carbocycles.